The molecule has 1 N–H and O–H groups in total. The van der Waals surface area contributed by atoms with Gasteiger partial charge in [0.2, 0.25) is 5.91 Å². The van der Waals surface area contributed by atoms with E-state index >= 15 is 0 Å². The maximum absolute atomic E-state index is 12.1. The molecule has 1 fully saturated rings. The lowest BCUT2D eigenvalue weighted by Crippen LogP contribution is -2.41. The number of thiazole rings is 1. The molecule has 9 heteroatoms. The third-order valence-corrected chi connectivity index (χ3v) is 4.36. The highest BCUT2D eigenvalue weighted by Gasteiger charge is 2.18. The van der Waals surface area contributed by atoms with Crippen molar-refractivity contribution in [2.45, 2.75) is 0 Å². The quantitative estimate of drug-likeness (QED) is 0.655. The first-order valence-electron chi connectivity index (χ1n) is 7.43. The van der Waals surface area contributed by atoms with Gasteiger partial charge in [-0.1, -0.05) is 12.1 Å². The lowest BCUT2D eigenvalue weighted by atomic mass is 10.1. The Morgan fingerprint density at radius 2 is 2.12 bits per heavy atom. The van der Waals surface area contributed by atoms with Crippen LogP contribution in [0.2, 0.25) is 0 Å². The van der Waals surface area contributed by atoms with Crippen LogP contribution in [-0.4, -0.2) is 53.6 Å². The number of benzene rings is 1. The lowest BCUT2D eigenvalue weighted by molar-refractivity contribution is -0.384. The minimum absolute atomic E-state index is 0.00556. The molecule has 1 saturated heterocycles. The van der Waals surface area contributed by atoms with E-state index in [0.717, 1.165) is 13.1 Å². The number of nitro groups is 1. The van der Waals surface area contributed by atoms with E-state index in [9.17, 15) is 14.9 Å². The minimum atomic E-state index is -0.439. The molecule has 1 aliphatic heterocycles. The van der Waals surface area contributed by atoms with Gasteiger partial charge in [-0.15, -0.1) is 11.3 Å². The molecule has 0 saturated carbocycles. The van der Waals surface area contributed by atoms with Gasteiger partial charge in [-0.05, 0) is 6.07 Å². The average molecular weight is 348 g/mol. The molecule has 24 heavy (non-hydrogen) atoms. The van der Waals surface area contributed by atoms with Gasteiger partial charge in [0.25, 0.3) is 5.69 Å². The fourth-order valence-electron chi connectivity index (χ4n) is 2.43. The molecule has 1 aliphatic rings. The molecule has 2 aromatic rings. The van der Waals surface area contributed by atoms with Crippen molar-refractivity contribution in [3.05, 3.63) is 39.8 Å². The van der Waals surface area contributed by atoms with E-state index in [2.05, 4.69) is 10.3 Å². The van der Waals surface area contributed by atoms with Gasteiger partial charge in [-0.2, -0.15) is 0 Å². The molecule has 0 spiro atoms. The number of nitro benzene ring substituents is 1. The number of rotatable bonds is 5. The van der Waals surface area contributed by atoms with Crippen molar-refractivity contribution in [2.75, 3.05) is 38.2 Å². The Kier molecular flexibility index (Phi) is 5.14. The van der Waals surface area contributed by atoms with Crippen LogP contribution in [0.5, 0.6) is 0 Å². The number of aromatic nitrogens is 1. The number of nitrogens with zero attached hydrogens (tertiary/aromatic N) is 3. The Morgan fingerprint density at radius 3 is 2.88 bits per heavy atom. The summed E-state index contributed by atoms with van der Waals surface area (Å²) in [6.07, 6.45) is 0. The second-order valence-corrected chi connectivity index (χ2v) is 6.11. The van der Waals surface area contributed by atoms with Gasteiger partial charge in [0, 0.05) is 24.5 Å². The Morgan fingerprint density at radius 1 is 1.38 bits per heavy atom. The number of anilines is 1. The summed E-state index contributed by atoms with van der Waals surface area (Å²) < 4.78 is 5.24. The smallest absolute Gasteiger partial charge is 0.278 e. The van der Waals surface area contributed by atoms with Gasteiger partial charge in [-0.25, -0.2) is 4.98 Å². The second-order valence-electron chi connectivity index (χ2n) is 5.25. The number of morpholine rings is 1. The zero-order valence-corrected chi connectivity index (χ0v) is 13.6. The van der Waals surface area contributed by atoms with Crippen molar-refractivity contribution in [1.29, 1.82) is 0 Å². The van der Waals surface area contributed by atoms with Gasteiger partial charge in [-0.3, -0.25) is 19.8 Å². The summed E-state index contributed by atoms with van der Waals surface area (Å²) in [5, 5.41) is 16.0. The van der Waals surface area contributed by atoms with Crippen LogP contribution in [-0.2, 0) is 9.53 Å². The fraction of sp³-hybridized carbons (Fsp3) is 0.333. The maximum atomic E-state index is 12.1. The van der Waals surface area contributed by atoms with Crippen LogP contribution in [0.25, 0.3) is 11.3 Å². The van der Waals surface area contributed by atoms with Gasteiger partial charge < -0.3 is 10.1 Å². The van der Waals surface area contributed by atoms with Gasteiger partial charge in [0.05, 0.1) is 35.9 Å². The Balaban J connectivity index is 1.67. The largest absolute Gasteiger partial charge is 0.379 e. The van der Waals surface area contributed by atoms with Crippen LogP contribution >= 0.6 is 11.3 Å². The zero-order chi connectivity index (χ0) is 16.9. The molecule has 1 amide bonds. The summed E-state index contributed by atoms with van der Waals surface area (Å²) in [6.45, 7) is 3.00. The van der Waals surface area contributed by atoms with E-state index in [1.807, 2.05) is 4.90 Å². The van der Waals surface area contributed by atoms with Gasteiger partial charge >= 0.3 is 0 Å². The molecule has 8 nitrogen and oxygen atoms in total. The van der Waals surface area contributed by atoms with Crippen molar-refractivity contribution in [3.8, 4) is 11.3 Å². The van der Waals surface area contributed by atoms with Crippen LogP contribution in [0.1, 0.15) is 0 Å². The fourth-order valence-corrected chi connectivity index (χ4v) is 3.15. The predicted molar refractivity (Wildman–Crippen MR) is 90.1 cm³/mol. The normalized spacial score (nSPS) is 15.2. The van der Waals surface area contributed by atoms with E-state index in [4.69, 9.17) is 4.74 Å². The van der Waals surface area contributed by atoms with E-state index in [1.165, 1.54) is 17.4 Å². The van der Waals surface area contributed by atoms with Crippen LogP contribution in [0, 0.1) is 10.1 Å². The first-order chi connectivity index (χ1) is 11.6. The summed E-state index contributed by atoms with van der Waals surface area (Å²) >= 11 is 1.25. The molecular formula is C15H16N4O4S. The van der Waals surface area contributed by atoms with E-state index in [-0.39, 0.29) is 18.1 Å². The average Bonchev–Trinajstić information content (AvgIpc) is 3.04. The molecule has 0 unspecified atom stereocenters. The molecule has 1 aromatic heterocycles. The predicted octanol–water partition coefficient (Wildman–Crippen LogP) is 1.99. The molecule has 0 radical (unpaired) electrons. The summed E-state index contributed by atoms with van der Waals surface area (Å²) in [4.78, 5) is 29.0. The van der Waals surface area contributed by atoms with Crippen LogP contribution in [0.4, 0.5) is 10.8 Å². The molecule has 0 bridgehead atoms. The molecule has 0 atom stereocenters. The number of carbonyl (C=O) groups is 1. The van der Waals surface area contributed by atoms with Crippen LogP contribution < -0.4 is 5.32 Å². The molecular weight excluding hydrogens is 332 g/mol. The van der Waals surface area contributed by atoms with Crippen molar-refractivity contribution in [1.82, 2.24) is 9.88 Å². The first-order valence-corrected chi connectivity index (χ1v) is 8.31. The maximum Gasteiger partial charge on any atom is 0.278 e. The summed E-state index contributed by atoms with van der Waals surface area (Å²) in [6, 6.07) is 6.41. The SMILES string of the molecule is O=C(CN1CCOCC1)Nc1nc(-c2ccccc2[N+](=O)[O-])cs1. The molecule has 1 aromatic carbocycles. The third kappa shape index (κ3) is 3.94. The summed E-state index contributed by atoms with van der Waals surface area (Å²) in [5.41, 5.74) is 0.912. The molecule has 0 aliphatic carbocycles. The van der Waals surface area contributed by atoms with Gasteiger partial charge in [0.15, 0.2) is 5.13 Å². The van der Waals surface area contributed by atoms with E-state index in [0.29, 0.717) is 29.6 Å². The van der Waals surface area contributed by atoms with Crippen molar-refractivity contribution in [3.63, 3.8) is 0 Å². The number of carbonyl (C=O) groups excluding carboxylic acids is 1. The standard InChI is InChI=1S/C15H16N4O4S/c20-14(9-18-5-7-23-8-6-18)17-15-16-12(10-24-15)11-3-1-2-4-13(11)19(21)22/h1-4,10H,5-9H2,(H,16,17,20). The number of ether oxygens (including phenoxy) is 1. The highest BCUT2D eigenvalue weighted by atomic mass is 32.1. The number of hydrogen-bond donors (Lipinski definition) is 1. The summed E-state index contributed by atoms with van der Waals surface area (Å²) in [7, 11) is 0. The number of amides is 1. The Hall–Kier alpha value is -2.36. The zero-order valence-electron chi connectivity index (χ0n) is 12.8. The highest BCUT2D eigenvalue weighted by Crippen LogP contribution is 2.31. The van der Waals surface area contributed by atoms with Crippen molar-refractivity contribution < 1.29 is 14.5 Å². The van der Waals surface area contributed by atoms with E-state index < -0.39 is 4.92 Å². The topological polar surface area (TPSA) is 97.6 Å². The number of hydrogen-bond acceptors (Lipinski definition) is 7. The molecule has 126 valence electrons. The first kappa shape index (κ1) is 16.5. The molecule has 3 rings (SSSR count). The van der Waals surface area contributed by atoms with E-state index in [1.54, 1.807) is 23.6 Å². The van der Waals surface area contributed by atoms with Gasteiger partial charge in [0.1, 0.15) is 0 Å². The second kappa shape index (κ2) is 7.47. The number of para-hydroxylation sites is 1. The highest BCUT2D eigenvalue weighted by molar-refractivity contribution is 7.14. The third-order valence-electron chi connectivity index (χ3n) is 3.60. The Bertz CT molecular complexity index is 743. The monoisotopic (exact) mass is 348 g/mol. The van der Waals surface area contributed by atoms with Crippen LogP contribution in [0.15, 0.2) is 29.6 Å². The lowest BCUT2D eigenvalue weighted by Gasteiger charge is -2.25. The Labute approximate surface area is 142 Å². The minimum Gasteiger partial charge on any atom is -0.379 e. The van der Waals surface area contributed by atoms with Crippen LogP contribution in [0.3, 0.4) is 0 Å². The number of nitrogens with one attached hydrogen (secondary N) is 1. The molecule has 2 heterocycles. The summed E-state index contributed by atoms with van der Waals surface area (Å²) in [5.74, 6) is -0.152. The van der Waals surface area contributed by atoms with Crippen molar-refractivity contribution in [2.24, 2.45) is 0 Å². The van der Waals surface area contributed by atoms with Crippen molar-refractivity contribution >= 4 is 28.1 Å².